The Labute approximate surface area is 189 Å². The van der Waals surface area contributed by atoms with Gasteiger partial charge in [0.1, 0.15) is 5.75 Å². The number of benzene rings is 3. The summed E-state index contributed by atoms with van der Waals surface area (Å²) in [6.45, 7) is -3.06. The molecule has 0 unspecified atom stereocenters. The third-order valence-electron chi connectivity index (χ3n) is 4.41. The zero-order valence-corrected chi connectivity index (χ0v) is 18.4. The molecule has 0 aliphatic rings. The molecule has 2 N–H and O–H groups in total. The number of methoxy groups -OCH3 is 2. The van der Waals surface area contributed by atoms with Crippen LogP contribution in [0.3, 0.4) is 0 Å². The number of anilines is 2. The first-order chi connectivity index (χ1) is 15.7. The van der Waals surface area contributed by atoms with Crippen LogP contribution in [0.1, 0.15) is 10.4 Å². The molecule has 0 spiro atoms. The highest BCUT2D eigenvalue weighted by Crippen LogP contribution is 2.31. The Balaban J connectivity index is 1.72. The minimum absolute atomic E-state index is 0.0491. The zero-order valence-electron chi connectivity index (χ0n) is 17.5. The van der Waals surface area contributed by atoms with Gasteiger partial charge in [0.2, 0.25) is 0 Å². The minimum atomic E-state index is -3.88. The van der Waals surface area contributed by atoms with E-state index in [0.29, 0.717) is 11.4 Å². The molecule has 0 bridgehead atoms. The molecule has 1 amide bonds. The van der Waals surface area contributed by atoms with Crippen LogP contribution in [-0.4, -0.2) is 35.2 Å². The number of amides is 1. The Morgan fingerprint density at radius 3 is 2.06 bits per heavy atom. The molecule has 11 heteroatoms. The van der Waals surface area contributed by atoms with Gasteiger partial charge in [-0.05, 0) is 60.7 Å². The second-order valence-electron chi connectivity index (χ2n) is 6.56. The van der Waals surface area contributed by atoms with Crippen LogP contribution in [0.25, 0.3) is 0 Å². The number of carbonyl (C=O) groups is 1. The number of sulfonamides is 1. The van der Waals surface area contributed by atoms with Gasteiger partial charge in [0.25, 0.3) is 15.9 Å². The molecular formula is C22H20F2N2O6S. The van der Waals surface area contributed by atoms with Gasteiger partial charge in [0.15, 0.2) is 11.5 Å². The SMILES string of the molecule is COc1ccc(NS(=O)(=O)c2ccc(C(=O)Nc3ccc(OC)c(OC(F)F)c3)cc2)cc1. The van der Waals surface area contributed by atoms with Gasteiger partial charge in [0.05, 0.1) is 19.1 Å². The molecule has 0 heterocycles. The van der Waals surface area contributed by atoms with Gasteiger partial charge >= 0.3 is 6.61 Å². The van der Waals surface area contributed by atoms with Gasteiger partial charge in [-0.25, -0.2) is 8.42 Å². The van der Waals surface area contributed by atoms with Crippen molar-refractivity contribution < 1.29 is 36.2 Å². The van der Waals surface area contributed by atoms with E-state index in [1.165, 1.54) is 56.7 Å². The van der Waals surface area contributed by atoms with E-state index < -0.39 is 22.5 Å². The molecule has 0 aliphatic carbocycles. The van der Waals surface area contributed by atoms with E-state index in [-0.39, 0.29) is 27.6 Å². The van der Waals surface area contributed by atoms with Crippen molar-refractivity contribution in [3.63, 3.8) is 0 Å². The van der Waals surface area contributed by atoms with Gasteiger partial charge in [0, 0.05) is 23.0 Å². The van der Waals surface area contributed by atoms with Crippen molar-refractivity contribution in [2.75, 3.05) is 24.3 Å². The first-order valence-electron chi connectivity index (χ1n) is 9.43. The predicted octanol–water partition coefficient (Wildman–Crippen LogP) is 4.36. The average Bonchev–Trinajstić information content (AvgIpc) is 2.79. The lowest BCUT2D eigenvalue weighted by Crippen LogP contribution is -2.15. The zero-order chi connectivity index (χ0) is 24.0. The monoisotopic (exact) mass is 478 g/mol. The molecule has 0 aromatic heterocycles. The van der Waals surface area contributed by atoms with Crippen molar-refractivity contribution in [2.45, 2.75) is 11.5 Å². The van der Waals surface area contributed by atoms with Crippen LogP contribution < -0.4 is 24.2 Å². The molecule has 0 aliphatic heterocycles. The van der Waals surface area contributed by atoms with Crippen LogP contribution in [0.4, 0.5) is 20.2 Å². The summed E-state index contributed by atoms with van der Waals surface area (Å²) in [7, 11) is -1.08. The first-order valence-corrected chi connectivity index (χ1v) is 10.9. The van der Waals surface area contributed by atoms with Crippen LogP contribution in [0.2, 0.25) is 0 Å². The number of hydrogen-bond donors (Lipinski definition) is 2. The third kappa shape index (κ3) is 6.10. The van der Waals surface area contributed by atoms with Gasteiger partial charge < -0.3 is 19.5 Å². The molecule has 0 radical (unpaired) electrons. The Bertz CT molecular complexity index is 1220. The highest BCUT2D eigenvalue weighted by atomic mass is 32.2. The van der Waals surface area contributed by atoms with Crippen LogP contribution in [0.15, 0.2) is 71.6 Å². The van der Waals surface area contributed by atoms with E-state index in [0.717, 1.165) is 0 Å². The fourth-order valence-electron chi connectivity index (χ4n) is 2.80. The van der Waals surface area contributed by atoms with E-state index in [1.54, 1.807) is 24.3 Å². The van der Waals surface area contributed by atoms with Crippen LogP contribution in [0, 0.1) is 0 Å². The lowest BCUT2D eigenvalue weighted by molar-refractivity contribution is -0.0511. The summed E-state index contributed by atoms with van der Waals surface area (Å²) in [5.41, 5.74) is 0.693. The normalized spacial score (nSPS) is 11.1. The lowest BCUT2D eigenvalue weighted by atomic mass is 10.2. The summed E-state index contributed by atoms with van der Waals surface area (Å²) in [6, 6.07) is 15.6. The molecule has 0 fully saturated rings. The Hall–Kier alpha value is -3.86. The number of ether oxygens (including phenoxy) is 3. The maximum absolute atomic E-state index is 12.6. The highest BCUT2D eigenvalue weighted by Gasteiger charge is 2.17. The van der Waals surface area contributed by atoms with Gasteiger partial charge in [-0.2, -0.15) is 8.78 Å². The van der Waals surface area contributed by atoms with Crippen molar-refractivity contribution in [1.82, 2.24) is 0 Å². The maximum Gasteiger partial charge on any atom is 0.387 e. The summed E-state index contributed by atoms with van der Waals surface area (Å²) in [5.74, 6) is -0.156. The highest BCUT2D eigenvalue weighted by molar-refractivity contribution is 7.92. The number of carbonyl (C=O) groups excluding carboxylic acids is 1. The lowest BCUT2D eigenvalue weighted by Gasteiger charge is -2.12. The smallest absolute Gasteiger partial charge is 0.387 e. The number of rotatable bonds is 9. The quantitative estimate of drug-likeness (QED) is 0.474. The summed E-state index contributed by atoms with van der Waals surface area (Å²) in [5, 5.41) is 2.54. The topological polar surface area (TPSA) is 103 Å². The molecule has 3 aromatic carbocycles. The summed E-state index contributed by atoms with van der Waals surface area (Å²) >= 11 is 0. The molecule has 0 atom stereocenters. The third-order valence-corrected chi connectivity index (χ3v) is 5.80. The second-order valence-corrected chi connectivity index (χ2v) is 8.24. The van der Waals surface area contributed by atoms with Crippen molar-refractivity contribution in [3.8, 4) is 17.2 Å². The van der Waals surface area contributed by atoms with Crippen molar-refractivity contribution >= 4 is 27.3 Å². The molecule has 3 rings (SSSR count). The number of nitrogens with one attached hydrogen (secondary N) is 2. The fourth-order valence-corrected chi connectivity index (χ4v) is 3.86. The molecule has 0 saturated heterocycles. The van der Waals surface area contributed by atoms with Crippen molar-refractivity contribution in [2.24, 2.45) is 0 Å². The molecule has 33 heavy (non-hydrogen) atoms. The Morgan fingerprint density at radius 2 is 1.48 bits per heavy atom. The Morgan fingerprint density at radius 1 is 0.848 bits per heavy atom. The minimum Gasteiger partial charge on any atom is -0.497 e. The Kier molecular flexibility index (Phi) is 7.34. The first kappa shape index (κ1) is 23.8. The number of alkyl halides is 2. The van der Waals surface area contributed by atoms with Gasteiger partial charge in [-0.1, -0.05) is 0 Å². The van der Waals surface area contributed by atoms with E-state index in [4.69, 9.17) is 9.47 Å². The van der Waals surface area contributed by atoms with Crippen LogP contribution >= 0.6 is 0 Å². The van der Waals surface area contributed by atoms with Crippen molar-refractivity contribution in [1.29, 1.82) is 0 Å². The summed E-state index contributed by atoms with van der Waals surface area (Å²) < 4.78 is 67.1. The average molecular weight is 478 g/mol. The van der Waals surface area contributed by atoms with E-state index in [2.05, 4.69) is 14.8 Å². The predicted molar refractivity (Wildman–Crippen MR) is 118 cm³/mol. The largest absolute Gasteiger partial charge is 0.497 e. The van der Waals surface area contributed by atoms with E-state index in [1.807, 2.05) is 0 Å². The molecule has 8 nitrogen and oxygen atoms in total. The van der Waals surface area contributed by atoms with E-state index >= 15 is 0 Å². The number of halogens is 2. The van der Waals surface area contributed by atoms with Crippen LogP contribution in [-0.2, 0) is 10.0 Å². The van der Waals surface area contributed by atoms with Gasteiger partial charge in [-0.15, -0.1) is 0 Å². The molecular weight excluding hydrogens is 458 g/mol. The fraction of sp³-hybridized carbons (Fsp3) is 0.136. The van der Waals surface area contributed by atoms with Gasteiger partial charge in [-0.3, -0.25) is 9.52 Å². The molecule has 174 valence electrons. The molecule has 0 saturated carbocycles. The van der Waals surface area contributed by atoms with Crippen LogP contribution in [0.5, 0.6) is 17.2 Å². The number of hydrogen-bond acceptors (Lipinski definition) is 6. The standard InChI is InChI=1S/C22H20F2N2O6S/c1-30-17-8-5-15(6-9-17)26-33(28,29)18-10-3-14(4-11-18)21(27)25-16-7-12-19(31-2)20(13-16)32-22(23)24/h3-13,22,26H,1-2H3,(H,25,27). The van der Waals surface area contributed by atoms with E-state index in [9.17, 15) is 22.0 Å². The molecule has 3 aromatic rings. The summed E-state index contributed by atoms with van der Waals surface area (Å²) in [4.78, 5) is 12.5. The second kappa shape index (κ2) is 10.2. The maximum atomic E-state index is 12.6. The summed E-state index contributed by atoms with van der Waals surface area (Å²) in [6.07, 6.45) is 0. The van der Waals surface area contributed by atoms with Crippen molar-refractivity contribution in [3.05, 3.63) is 72.3 Å².